The Bertz CT molecular complexity index is 965. The number of pyridine rings is 1. The summed E-state index contributed by atoms with van der Waals surface area (Å²) in [6, 6.07) is 11.7. The molecule has 0 bridgehead atoms. The number of hydrogen-bond acceptors (Lipinski definition) is 5. The molecule has 0 saturated heterocycles. The van der Waals surface area contributed by atoms with Crippen LogP contribution in [0.15, 0.2) is 42.6 Å². The number of rotatable bonds is 4. The highest BCUT2D eigenvalue weighted by Gasteiger charge is 2.15. The van der Waals surface area contributed by atoms with Crippen molar-refractivity contribution in [2.75, 3.05) is 21.0 Å². The van der Waals surface area contributed by atoms with Gasteiger partial charge in [0, 0.05) is 11.6 Å². The maximum atomic E-state index is 5.48. The van der Waals surface area contributed by atoms with Crippen molar-refractivity contribution in [1.29, 1.82) is 0 Å². The Morgan fingerprint density at radius 1 is 0.920 bits per heavy atom. The number of benzene rings is 2. The van der Waals surface area contributed by atoms with Crippen LogP contribution in [0.3, 0.4) is 0 Å². The van der Waals surface area contributed by atoms with E-state index >= 15 is 0 Å². The van der Waals surface area contributed by atoms with Crippen LogP contribution < -0.4 is 18.9 Å². The minimum Gasteiger partial charge on any atom is -0.493 e. The molecule has 5 nitrogen and oxygen atoms in total. The van der Waals surface area contributed by atoms with Gasteiger partial charge in [-0.1, -0.05) is 12.1 Å². The highest BCUT2D eigenvalue weighted by atomic mass is 16.7. The van der Waals surface area contributed by atoms with Crippen LogP contribution in [0.2, 0.25) is 0 Å². The summed E-state index contributed by atoms with van der Waals surface area (Å²) in [5, 5.41) is 2.08. The predicted molar refractivity (Wildman–Crippen MR) is 96.3 cm³/mol. The number of fused-ring (bicyclic) bond motifs is 2. The van der Waals surface area contributed by atoms with Crippen LogP contribution in [-0.4, -0.2) is 26.0 Å². The van der Waals surface area contributed by atoms with E-state index in [0.29, 0.717) is 11.5 Å². The van der Waals surface area contributed by atoms with Crippen molar-refractivity contribution in [2.45, 2.75) is 0 Å². The zero-order chi connectivity index (χ0) is 17.2. The minimum atomic E-state index is 0.260. The molecule has 126 valence electrons. The molecule has 0 N–H and O–H groups in total. The van der Waals surface area contributed by atoms with Gasteiger partial charge in [0.2, 0.25) is 6.79 Å². The zero-order valence-electron chi connectivity index (χ0n) is 14.0. The van der Waals surface area contributed by atoms with Crippen LogP contribution in [0.1, 0.15) is 11.3 Å². The lowest BCUT2D eigenvalue weighted by Gasteiger charge is -2.08. The molecule has 0 fully saturated rings. The summed E-state index contributed by atoms with van der Waals surface area (Å²) in [5.74, 6) is 2.92. The molecule has 2 heterocycles. The molecule has 5 heteroatoms. The Morgan fingerprint density at radius 3 is 2.52 bits per heavy atom. The summed E-state index contributed by atoms with van der Waals surface area (Å²) < 4.78 is 21.5. The monoisotopic (exact) mass is 335 g/mol. The first-order valence-corrected chi connectivity index (χ1v) is 7.87. The molecule has 0 atom stereocenters. The normalized spacial score (nSPS) is 12.7. The van der Waals surface area contributed by atoms with E-state index in [4.69, 9.17) is 18.9 Å². The van der Waals surface area contributed by atoms with Crippen LogP contribution in [0.4, 0.5) is 0 Å². The average Bonchev–Trinajstić information content (AvgIpc) is 3.11. The Labute approximate surface area is 145 Å². The van der Waals surface area contributed by atoms with Gasteiger partial charge >= 0.3 is 0 Å². The maximum Gasteiger partial charge on any atom is 0.231 e. The third-order valence-electron chi connectivity index (χ3n) is 4.13. The van der Waals surface area contributed by atoms with Crippen molar-refractivity contribution in [3.05, 3.63) is 53.9 Å². The third kappa shape index (κ3) is 2.85. The quantitative estimate of drug-likeness (QED) is 0.717. The van der Waals surface area contributed by atoms with Gasteiger partial charge in [0.05, 0.1) is 19.9 Å². The van der Waals surface area contributed by atoms with Crippen LogP contribution in [0, 0.1) is 0 Å². The summed E-state index contributed by atoms with van der Waals surface area (Å²) in [4.78, 5) is 4.48. The summed E-state index contributed by atoms with van der Waals surface area (Å²) in [6.45, 7) is 0.260. The second kappa shape index (κ2) is 6.36. The number of hydrogen-bond donors (Lipinski definition) is 0. The summed E-state index contributed by atoms with van der Waals surface area (Å²) in [6.07, 6.45) is 5.76. The van der Waals surface area contributed by atoms with E-state index in [-0.39, 0.29) is 6.79 Å². The first-order chi connectivity index (χ1) is 12.3. The number of aromatic nitrogens is 1. The third-order valence-corrected chi connectivity index (χ3v) is 4.13. The van der Waals surface area contributed by atoms with Gasteiger partial charge in [-0.15, -0.1) is 0 Å². The first kappa shape index (κ1) is 15.3. The maximum absolute atomic E-state index is 5.48. The van der Waals surface area contributed by atoms with Crippen molar-refractivity contribution in [2.24, 2.45) is 0 Å². The lowest BCUT2D eigenvalue weighted by molar-refractivity contribution is 0.174. The van der Waals surface area contributed by atoms with E-state index in [0.717, 1.165) is 33.5 Å². The Kier molecular flexibility index (Phi) is 3.90. The molecule has 0 radical (unpaired) electrons. The van der Waals surface area contributed by atoms with E-state index in [1.807, 2.05) is 48.6 Å². The molecule has 0 saturated carbocycles. The average molecular weight is 335 g/mol. The molecule has 0 unspecified atom stereocenters. The Hall–Kier alpha value is -3.21. The predicted octanol–water partition coefficient (Wildman–Crippen LogP) is 4.15. The molecule has 0 amide bonds. The molecule has 2 aromatic carbocycles. The van der Waals surface area contributed by atoms with Gasteiger partial charge in [0.15, 0.2) is 23.0 Å². The molecule has 1 aliphatic heterocycles. The van der Waals surface area contributed by atoms with E-state index in [1.54, 1.807) is 20.4 Å². The largest absolute Gasteiger partial charge is 0.493 e. The topological polar surface area (TPSA) is 49.8 Å². The van der Waals surface area contributed by atoms with Gasteiger partial charge in [-0.25, -0.2) is 0 Å². The second-order valence-electron chi connectivity index (χ2n) is 5.57. The first-order valence-electron chi connectivity index (χ1n) is 7.87. The van der Waals surface area contributed by atoms with E-state index in [2.05, 4.69) is 4.98 Å². The van der Waals surface area contributed by atoms with Crippen LogP contribution >= 0.6 is 0 Å². The molecular weight excluding hydrogens is 318 g/mol. The van der Waals surface area contributed by atoms with Gasteiger partial charge in [0.25, 0.3) is 0 Å². The SMILES string of the molecule is COc1ccc(C=Cc2nccc3cc4c(cc23)OCO4)cc1OC. The van der Waals surface area contributed by atoms with Gasteiger partial charge in [-0.3, -0.25) is 4.98 Å². The van der Waals surface area contributed by atoms with Gasteiger partial charge in [-0.2, -0.15) is 0 Å². The highest BCUT2D eigenvalue weighted by Crippen LogP contribution is 2.37. The second-order valence-corrected chi connectivity index (χ2v) is 5.57. The van der Waals surface area contributed by atoms with Crippen molar-refractivity contribution in [3.8, 4) is 23.0 Å². The van der Waals surface area contributed by atoms with Crippen LogP contribution in [0.25, 0.3) is 22.9 Å². The molecule has 4 rings (SSSR count). The standard InChI is InChI=1S/C20H17NO4/c1-22-17-6-4-13(9-18(17)23-2)3-5-16-15-11-20-19(24-12-25-20)10-14(15)7-8-21-16/h3-11H,12H2,1-2H3. The molecule has 0 aliphatic carbocycles. The molecule has 25 heavy (non-hydrogen) atoms. The van der Waals surface area contributed by atoms with Crippen molar-refractivity contribution in [1.82, 2.24) is 4.98 Å². The fourth-order valence-corrected chi connectivity index (χ4v) is 2.85. The van der Waals surface area contributed by atoms with Crippen molar-refractivity contribution >= 4 is 22.9 Å². The van der Waals surface area contributed by atoms with Crippen molar-refractivity contribution < 1.29 is 18.9 Å². The smallest absolute Gasteiger partial charge is 0.231 e. The van der Waals surface area contributed by atoms with Gasteiger partial charge in [0.1, 0.15) is 0 Å². The molecule has 1 aromatic heterocycles. The summed E-state index contributed by atoms with van der Waals surface area (Å²) in [5.41, 5.74) is 1.86. The summed E-state index contributed by atoms with van der Waals surface area (Å²) in [7, 11) is 3.25. The van der Waals surface area contributed by atoms with E-state index < -0.39 is 0 Å². The number of ether oxygens (including phenoxy) is 4. The fourth-order valence-electron chi connectivity index (χ4n) is 2.85. The molecule has 3 aromatic rings. The zero-order valence-corrected chi connectivity index (χ0v) is 14.0. The minimum absolute atomic E-state index is 0.260. The van der Waals surface area contributed by atoms with Crippen LogP contribution in [0.5, 0.6) is 23.0 Å². The lowest BCUT2D eigenvalue weighted by Crippen LogP contribution is -1.92. The van der Waals surface area contributed by atoms with E-state index in [1.165, 1.54) is 0 Å². The summed E-state index contributed by atoms with van der Waals surface area (Å²) >= 11 is 0. The molecule has 1 aliphatic rings. The number of nitrogens with zero attached hydrogens (tertiary/aromatic N) is 1. The lowest BCUT2D eigenvalue weighted by atomic mass is 10.1. The van der Waals surface area contributed by atoms with Gasteiger partial charge < -0.3 is 18.9 Å². The fraction of sp³-hybridized carbons (Fsp3) is 0.150. The molecular formula is C20H17NO4. The Balaban J connectivity index is 1.72. The highest BCUT2D eigenvalue weighted by molar-refractivity contribution is 5.93. The van der Waals surface area contributed by atoms with Crippen molar-refractivity contribution in [3.63, 3.8) is 0 Å². The Morgan fingerprint density at radius 2 is 1.72 bits per heavy atom. The van der Waals surface area contributed by atoms with Gasteiger partial charge in [-0.05, 0) is 47.4 Å². The molecule has 0 spiro atoms. The van der Waals surface area contributed by atoms with Crippen LogP contribution in [-0.2, 0) is 0 Å². The number of methoxy groups -OCH3 is 2. The van der Waals surface area contributed by atoms with E-state index in [9.17, 15) is 0 Å².